The molecule has 4 aromatic rings. The summed E-state index contributed by atoms with van der Waals surface area (Å²) in [6, 6.07) is 25.4. The first kappa shape index (κ1) is 23.7. The van der Waals surface area contributed by atoms with Crippen molar-refractivity contribution >= 4 is 32.4 Å². The molecule has 1 aliphatic heterocycles. The lowest BCUT2D eigenvalue weighted by Crippen LogP contribution is -2.50. The van der Waals surface area contributed by atoms with Crippen LogP contribution in [-0.4, -0.2) is 34.1 Å². The molecule has 0 aliphatic carbocycles. The number of carbonyl (C=O) groups is 1. The maximum Gasteiger partial charge on any atom is 0.264 e. The van der Waals surface area contributed by atoms with E-state index in [0.717, 1.165) is 21.9 Å². The highest BCUT2D eigenvalue weighted by Crippen LogP contribution is 2.38. The van der Waals surface area contributed by atoms with E-state index in [0.29, 0.717) is 23.7 Å². The van der Waals surface area contributed by atoms with Gasteiger partial charge in [0.1, 0.15) is 11.5 Å². The van der Waals surface area contributed by atoms with E-state index in [4.69, 9.17) is 9.47 Å². The van der Waals surface area contributed by atoms with Crippen molar-refractivity contribution in [3.8, 4) is 11.5 Å². The molecule has 184 valence electrons. The number of aryl methyl sites for hydroxylation is 1. The van der Waals surface area contributed by atoms with Gasteiger partial charge >= 0.3 is 0 Å². The van der Waals surface area contributed by atoms with Crippen LogP contribution in [0.15, 0.2) is 89.8 Å². The zero-order valence-corrected chi connectivity index (χ0v) is 20.8. The number of ether oxygens (including phenoxy) is 2. The fourth-order valence-electron chi connectivity index (χ4n) is 4.25. The first-order valence-electron chi connectivity index (χ1n) is 11.5. The maximum atomic E-state index is 13.6. The minimum atomic E-state index is -3.95. The Kier molecular flexibility index (Phi) is 6.28. The number of rotatable bonds is 6. The van der Waals surface area contributed by atoms with Crippen molar-refractivity contribution in [1.29, 1.82) is 0 Å². The Bertz CT molecular complexity index is 1530. The first-order chi connectivity index (χ1) is 17.3. The summed E-state index contributed by atoms with van der Waals surface area (Å²) < 4.78 is 39.6. The largest absolute Gasteiger partial charge is 0.497 e. The summed E-state index contributed by atoms with van der Waals surface area (Å²) in [5.41, 5.74) is 2.24. The van der Waals surface area contributed by atoms with E-state index >= 15 is 0 Å². The van der Waals surface area contributed by atoms with Crippen molar-refractivity contribution in [3.63, 3.8) is 0 Å². The van der Waals surface area contributed by atoms with E-state index in [1.807, 2.05) is 55.5 Å². The normalized spacial score (nSPS) is 15.2. The van der Waals surface area contributed by atoms with Gasteiger partial charge in [0.15, 0.2) is 6.10 Å². The molecule has 1 N–H and O–H groups in total. The van der Waals surface area contributed by atoms with E-state index in [9.17, 15) is 13.2 Å². The molecule has 1 amide bonds. The summed E-state index contributed by atoms with van der Waals surface area (Å²) in [7, 11) is -2.43. The molecule has 1 heterocycles. The van der Waals surface area contributed by atoms with Crippen LogP contribution in [0.2, 0.25) is 0 Å². The second-order valence-electron chi connectivity index (χ2n) is 8.69. The van der Waals surface area contributed by atoms with Crippen LogP contribution in [0.4, 0.5) is 5.69 Å². The van der Waals surface area contributed by atoms with Crippen molar-refractivity contribution in [2.75, 3.05) is 18.0 Å². The van der Waals surface area contributed by atoms with Gasteiger partial charge in [-0.15, -0.1) is 0 Å². The first-order valence-corrected chi connectivity index (χ1v) is 13.0. The Hall–Kier alpha value is -4.04. The Balaban J connectivity index is 1.40. The number of amides is 1. The quantitative estimate of drug-likeness (QED) is 0.422. The summed E-state index contributed by atoms with van der Waals surface area (Å²) in [6.45, 7) is 2.04. The Morgan fingerprint density at radius 1 is 1.00 bits per heavy atom. The standard InChI is InChI=1S/C28H26N2O5S/c1-19-7-14-25-26(15-19)35-27(18-30(25)36(32,33)24-12-10-23(34-2)11-13-24)28(31)29-17-20-8-9-21-5-3-4-6-22(21)16-20/h3-16,27H,17-18H2,1-2H3,(H,29,31). The molecule has 36 heavy (non-hydrogen) atoms. The minimum absolute atomic E-state index is 0.104. The van der Waals surface area contributed by atoms with Gasteiger partial charge in [0.25, 0.3) is 15.9 Å². The van der Waals surface area contributed by atoms with E-state index in [1.54, 1.807) is 24.3 Å². The minimum Gasteiger partial charge on any atom is -0.497 e. The number of carbonyl (C=O) groups excluding carboxylic acids is 1. The molecule has 8 heteroatoms. The monoisotopic (exact) mass is 502 g/mol. The van der Waals surface area contributed by atoms with Gasteiger partial charge in [0, 0.05) is 6.54 Å². The van der Waals surface area contributed by atoms with Crippen LogP contribution in [0.3, 0.4) is 0 Å². The third-order valence-electron chi connectivity index (χ3n) is 6.21. The van der Waals surface area contributed by atoms with Crippen molar-refractivity contribution < 1.29 is 22.7 Å². The average Bonchev–Trinajstić information content (AvgIpc) is 2.90. The zero-order valence-electron chi connectivity index (χ0n) is 20.0. The number of hydrogen-bond acceptors (Lipinski definition) is 5. The maximum absolute atomic E-state index is 13.6. The molecule has 7 nitrogen and oxygen atoms in total. The molecule has 0 aromatic heterocycles. The van der Waals surface area contributed by atoms with Crippen LogP contribution in [-0.2, 0) is 21.4 Å². The van der Waals surface area contributed by atoms with Gasteiger partial charge in [0.05, 0.1) is 24.2 Å². The van der Waals surface area contributed by atoms with Crippen LogP contribution in [0.25, 0.3) is 10.8 Å². The van der Waals surface area contributed by atoms with Gasteiger partial charge in [-0.3, -0.25) is 9.10 Å². The highest BCUT2D eigenvalue weighted by atomic mass is 32.2. The van der Waals surface area contributed by atoms with Gasteiger partial charge < -0.3 is 14.8 Å². The number of benzene rings is 4. The Morgan fingerprint density at radius 2 is 1.75 bits per heavy atom. The summed E-state index contributed by atoms with van der Waals surface area (Å²) in [5, 5.41) is 5.11. The lowest BCUT2D eigenvalue weighted by atomic mass is 10.1. The predicted molar refractivity (Wildman–Crippen MR) is 139 cm³/mol. The van der Waals surface area contributed by atoms with Gasteiger partial charge in [-0.05, 0) is 71.3 Å². The van der Waals surface area contributed by atoms with E-state index in [1.165, 1.54) is 23.5 Å². The lowest BCUT2D eigenvalue weighted by molar-refractivity contribution is -0.127. The van der Waals surface area contributed by atoms with E-state index in [-0.39, 0.29) is 17.3 Å². The molecule has 0 fully saturated rings. The third kappa shape index (κ3) is 4.59. The number of fused-ring (bicyclic) bond motifs is 2. The van der Waals surface area contributed by atoms with E-state index < -0.39 is 16.1 Å². The number of sulfonamides is 1. The van der Waals surface area contributed by atoms with Crippen LogP contribution < -0.4 is 19.1 Å². The topological polar surface area (TPSA) is 84.9 Å². The molecule has 0 saturated heterocycles. The Labute approximate surface area is 210 Å². The molecule has 0 spiro atoms. The molecule has 1 atom stereocenters. The van der Waals surface area contributed by atoms with Gasteiger partial charge in [-0.1, -0.05) is 42.5 Å². The summed E-state index contributed by atoms with van der Waals surface area (Å²) in [4.78, 5) is 13.3. The van der Waals surface area contributed by atoms with Crippen molar-refractivity contribution in [2.24, 2.45) is 0 Å². The van der Waals surface area contributed by atoms with Crippen LogP contribution in [0, 0.1) is 6.92 Å². The number of methoxy groups -OCH3 is 1. The van der Waals surface area contributed by atoms with Gasteiger partial charge in [-0.2, -0.15) is 0 Å². The summed E-state index contributed by atoms with van der Waals surface area (Å²) >= 11 is 0. The second kappa shape index (κ2) is 9.54. The van der Waals surface area contributed by atoms with Gasteiger partial charge in [-0.25, -0.2) is 8.42 Å². The van der Waals surface area contributed by atoms with Crippen LogP contribution >= 0.6 is 0 Å². The van der Waals surface area contributed by atoms with Crippen molar-refractivity contribution in [3.05, 3.63) is 96.1 Å². The highest BCUT2D eigenvalue weighted by molar-refractivity contribution is 7.92. The van der Waals surface area contributed by atoms with Crippen LogP contribution in [0.1, 0.15) is 11.1 Å². The number of hydrogen-bond donors (Lipinski definition) is 1. The summed E-state index contributed by atoms with van der Waals surface area (Å²) in [6.07, 6.45) is -1.01. The molecule has 0 bridgehead atoms. The fourth-order valence-corrected chi connectivity index (χ4v) is 5.73. The Morgan fingerprint density at radius 3 is 2.50 bits per heavy atom. The molecule has 1 aliphatic rings. The average molecular weight is 503 g/mol. The predicted octanol–water partition coefficient (Wildman–Crippen LogP) is 4.43. The van der Waals surface area contributed by atoms with Crippen molar-refractivity contribution in [1.82, 2.24) is 5.32 Å². The number of nitrogens with zero attached hydrogens (tertiary/aromatic N) is 1. The zero-order chi connectivity index (χ0) is 25.3. The smallest absolute Gasteiger partial charge is 0.264 e. The van der Waals surface area contributed by atoms with E-state index in [2.05, 4.69) is 5.32 Å². The number of nitrogens with one attached hydrogen (secondary N) is 1. The molecule has 1 unspecified atom stereocenters. The third-order valence-corrected chi connectivity index (χ3v) is 8.00. The molecule has 4 aromatic carbocycles. The number of anilines is 1. The highest BCUT2D eigenvalue weighted by Gasteiger charge is 2.37. The second-order valence-corrected chi connectivity index (χ2v) is 10.6. The molecule has 5 rings (SSSR count). The van der Waals surface area contributed by atoms with Crippen LogP contribution in [0.5, 0.6) is 11.5 Å². The summed E-state index contributed by atoms with van der Waals surface area (Å²) in [5.74, 6) is 0.521. The molecule has 0 saturated carbocycles. The van der Waals surface area contributed by atoms with Gasteiger partial charge in [0.2, 0.25) is 0 Å². The lowest BCUT2D eigenvalue weighted by Gasteiger charge is -2.35. The van der Waals surface area contributed by atoms with Crippen molar-refractivity contribution in [2.45, 2.75) is 24.5 Å². The fraction of sp³-hybridized carbons (Fsp3) is 0.179. The SMILES string of the molecule is COc1ccc(S(=O)(=O)N2CC(C(=O)NCc3ccc4ccccc4c3)Oc3cc(C)ccc32)cc1. The molecular weight excluding hydrogens is 476 g/mol. The molecule has 0 radical (unpaired) electrons. The molecular formula is C28H26N2O5S.